The van der Waals surface area contributed by atoms with Gasteiger partial charge in [0.15, 0.2) is 0 Å². The molecule has 7 aliphatic carbocycles. The molecule has 10 atom stereocenters. The van der Waals surface area contributed by atoms with Crippen LogP contribution in [0.2, 0.25) is 0 Å². The van der Waals surface area contributed by atoms with Crippen LogP contribution in [0.4, 0.5) is 0 Å². The second-order valence-electron chi connectivity index (χ2n) is 10.4. The highest BCUT2D eigenvalue weighted by Gasteiger charge is 2.93. The van der Waals surface area contributed by atoms with Crippen LogP contribution < -0.4 is 0 Å². The average Bonchev–Trinajstić information content (AvgIpc) is 2.92. The summed E-state index contributed by atoms with van der Waals surface area (Å²) in [6.07, 6.45) is 1.49. The highest BCUT2D eigenvalue weighted by atomic mass is 15.0. The molecule has 7 rings (SSSR count). The van der Waals surface area contributed by atoms with Crippen LogP contribution in [0, 0.1) is 63.1 Å². The predicted octanol–water partition coefficient (Wildman–Crippen LogP) is 4.84. The van der Waals surface area contributed by atoms with Crippen LogP contribution in [-0.2, 0) is 0 Å². The molecule has 0 heteroatoms. The smallest absolute Gasteiger partial charge is 0.0201 e. The summed E-state index contributed by atoms with van der Waals surface area (Å²) in [6.45, 7) is 18.5. The van der Waals surface area contributed by atoms with Gasteiger partial charge >= 0.3 is 0 Å². The summed E-state index contributed by atoms with van der Waals surface area (Å²) < 4.78 is 0. The van der Waals surface area contributed by atoms with Gasteiger partial charge in [0.05, 0.1) is 0 Å². The minimum Gasteiger partial charge on any atom is -0.0619 e. The summed E-state index contributed by atoms with van der Waals surface area (Å²) in [6, 6.07) is 0. The van der Waals surface area contributed by atoms with Crippen molar-refractivity contribution in [2.24, 2.45) is 63.1 Å². The first-order valence-electron chi connectivity index (χ1n) is 8.64. The Kier molecular flexibility index (Phi) is 1.51. The maximum atomic E-state index is 2.70. The van der Waals surface area contributed by atoms with E-state index in [9.17, 15) is 0 Å². The monoisotopic (exact) mass is 258 g/mol. The molecule has 7 fully saturated rings. The lowest BCUT2D eigenvalue weighted by molar-refractivity contribution is -0.156. The van der Waals surface area contributed by atoms with Gasteiger partial charge in [0, 0.05) is 0 Å². The predicted molar refractivity (Wildman–Crippen MR) is 78.5 cm³/mol. The van der Waals surface area contributed by atoms with E-state index in [1.165, 1.54) is 6.42 Å². The van der Waals surface area contributed by atoms with Crippen LogP contribution in [0.3, 0.4) is 0 Å². The largest absolute Gasteiger partial charge is 0.0619 e. The van der Waals surface area contributed by atoms with Gasteiger partial charge in [0.2, 0.25) is 0 Å². The number of fused-ring (bicyclic) bond motifs is 1. The van der Waals surface area contributed by atoms with Gasteiger partial charge in [0.25, 0.3) is 0 Å². The van der Waals surface area contributed by atoms with Crippen molar-refractivity contribution in [1.29, 1.82) is 0 Å². The molecule has 0 aromatic heterocycles. The Balaban J connectivity index is 1.86. The van der Waals surface area contributed by atoms with E-state index in [1.807, 2.05) is 0 Å². The van der Waals surface area contributed by atoms with Crippen LogP contribution in [0.5, 0.6) is 0 Å². The Hall–Kier alpha value is 0. The zero-order chi connectivity index (χ0) is 13.7. The van der Waals surface area contributed by atoms with E-state index in [1.54, 1.807) is 0 Å². The van der Waals surface area contributed by atoms with Crippen molar-refractivity contribution >= 4 is 0 Å². The fourth-order valence-electron chi connectivity index (χ4n) is 9.82. The van der Waals surface area contributed by atoms with Gasteiger partial charge in [-0.15, -0.1) is 0 Å². The lowest BCUT2D eigenvalue weighted by atomic mass is 9.41. The third-order valence-electron chi connectivity index (χ3n) is 10.4. The van der Waals surface area contributed by atoms with E-state index < -0.39 is 0 Å². The fraction of sp³-hybridized carbons (Fsp3) is 1.00. The minimum absolute atomic E-state index is 0.544. The normalized spacial score (nSPS) is 77.5. The van der Waals surface area contributed by atoms with Crippen molar-refractivity contribution in [2.75, 3.05) is 0 Å². The van der Waals surface area contributed by atoms with Crippen LogP contribution in [0.15, 0.2) is 0 Å². The lowest BCUT2D eigenvalue weighted by Crippen LogP contribution is -2.58. The molecule has 106 valence electrons. The van der Waals surface area contributed by atoms with E-state index in [4.69, 9.17) is 0 Å². The summed E-state index contributed by atoms with van der Waals surface area (Å²) in [5.74, 6) is 7.31. The average molecular weight is 258 g/mol. The molecule has 19 heavy (non-hydrogen) atoms. The van der Waals surface area contributed by atoms with Gasteiger partial charge in [-0.3, -0.25) is 0 Å². The van der Waals surface area contributed by atoms with Gasteiger partial charge in [-0.05, 0) is 69.5 Å². The second-order valence-corrected chi connectivity index (χ2v) is 10.4. The van der Waals surface area contributed by atoms with E-state index in [2.05, 4.69) is 48.5 Å². The molecule has 0 aliphatic heterocycles. The highest BCUT2D eigenvalue weighted by molar-refractivity contribution is 5.39. The molecular formula is C19H30. The van der Waals surface area contributed by atoms with E-state index >= 15 is 0 Å². The van der Waals surface area contributed by atoms with Crippen molar-refractivity contribution in [3.8, 4) is 0 Å². The molecule has 0 radical (unpaired) electrons. The first-order valence-corrected chi connectivity index (χ1v) is 8.64. The third kappa shape index (κ3) is 0.720. The number of hydrogen-bond donors (Lipinski definition) is 0. The lowest BCUT2D eigenvalue weighted by Gasteiger charge is -2.63. The summed E-state index contributed by atoms with van der Waals surface area (Å²) in [5, 5.41) is 0. The topological polar surface area (TPSA) is 0 Å². The zero-order valence-corrected chi connectivity index (χ0v) is 13.7. The molecule has 0 nitrogen and oxygen atoms in total. The van der Waals surface area contributed by atoms with Crippen LogP contribution in [0.1, 0.15) is 54.9 Å². The highest BCUT2D eigenvalue weighted by Crippen LogP contribution is 2.97. The molecule has 0 amide bonds. The first kappa shape index (κ1) is 11.6. The summed E-state index contributed by atoms with van der Waals surface area (Å²) >= 11 is 0. The van der Waals surface area contributed by atoms with Crippen LogP contribution in [0.25, 0.3) is 0 Å². The Labute approximate surface area is 118 Å². The SMILES string of the molecule is CC1C2C(C)C3(C)C4C5C1C(C)(C54)C2(C)CC3(C)C. The second kappa shape index (κ2) is 2.46. The van der Waals surface area contributed by atoms with E-state index in [0.717, 1.165) is 41.4 Å². The minimum atomic E-state index is 0.544. The summed E-state index contributed by atoms with van der Waals surface area (Å²) in [5.41, 5.74) is 2.49. The number of hydrogen-bond acceptors (Lipinski definition) is 0. The Morgan fingerprint density at radius 1 is 0.737 bits per heavy atom. The summed E-state index contributed by atoms with van der Waals surface area (Å²) in [7, 11) is 0. The fourth-order valence-corrected chi connectivity index (χ4v) is 9.82. The molecule has 0 heterocycles. The number of rotatable bonds is 0. The third-order valence-corrected chi connectivity index (χ3v) is 10.4. The van der Waals surface area contributed by atoms with Gasteiger partial charge in [-0.25, -0.2) is 0 Å². The maximum Gasteiger partial charge on any atom is -0.0201 e. The van der Waals surface area contributed by atoms with Crippen LogP contribution in [-0.4, -0.2) is 0 Å². The Bertz CT molecular complexity index is 504. The van der Waals surface area contributed by atoms with Gasteiger partial charge in [-0.1, -0.05) is 48.5 Å². The molecule has 7 saturated carbocycles. The van der Waals surface area contributed by atoms with Crippen molar-refractivity contribution in [3.05, 3.63) is 0 Å². The summed E-state index contributed by atoms with van der Waals surface area (Å²) in [4.78, 5) is 0. The molecule has 0 saturated heterocycles. The molecule has 0 spiro atoms. The standard InChI is InChI=1S/C19H30/c1-9-12-10(2)18(6)14-11-13(9)19(7,15(11)14)17(12,5)8-16(18,3)4/h9-15H,8H2,1-7H3. The quantitative estimate of drug-likeness (QED) is 0.583. The van der Waals surface area contributed by atoms with Crippen LogP contribution >= 0.6 is 0 Å². The van der Waals surface area contributed by atoms with E-state index in [0.29, 0.717) is 21.7 Å². The van der Waals surface area contributed by atoms with Crippen molar-refractivity contribution in [3.63, 3.8) is 0 Å². The molecule has 6 bridgehead atoms. The van der Waals surface area contributed by atoms with Crippen molar-refractivity contribution < 1.29 is 0 Å². The Morgan fingerprint density at radius 2 is 1.32 bits per heavy atom. The molecule has 0 aromatic carbocycles. The molecular weight excluding hydrogens is 228 g/mol. The first-order chi connectivity index (χ1) is 8.64. The zero-order valence-electron chi connectivity index (χ0n) is 13.7. The van der Waals surface area contributed by atoms with Gasteiger partial charge in [-0.2, -0.15) is 0 Å². The van der Waals surface area contributed by atoms with Crippen molar-refractivity contribution in [1.82, 2.24) is 0 Å². The van der Waals surface area contributed by atoms with E-state index in [-0.39, 0.29) is 0 Å². The molecule has 10 unspecified atom stereocenters. The van der Waals surface area contributed by atoms with Gasteiger partial charge in [0.1, 0.15) is 0 Å². The Morgan fingerprint density at radius 3 is 1.95 bits per heavy atom. The van der Waals surface area contributed by atoms with Gasteiger partial charge < -0.3 is 0 Å². The molecule has 7 aliphatic rings. The van der Waals surface area contributed by atoms with Crippen molar-refractivity contribution in [2.45, 2.75) is 54.9 Å². The maximum absolute atomic E-state index is 2.70. The molecule has 0 aromatic rings. The molecule has 0 N–H and O–H groups in total.